The fourth-order valence-corrected chi connectivity index (χ4v) is 2.98. The van der Waals surface area contributed by atoms with Crippen LogP contribution in [0.1, 0.15) is 42.6 Å². The summed E-state index contributed by atoms with van der Waals surface area (Å²) in [5.41, 5.74) is 1.66. The van der Waals surface area contributed by atoms with Crippen molar-refractivity contribution in [2.75, 3.05) is 19.7 Å². The van der Waals surface area contributed by atoms with Gasteiger partial charge in [0.05, 0.1) is 0 Å². The van der Waals surface area contributed by atoms with Crippen LogP contribution in [0.3, 0.4) is 0 Å². The van der Waals surface area contributed by atoms with Crippen molar-refractivity contribution in [2.45, 2.75) is 39.7 Å². The molecule has 2 N–H and O–H groups in total. The van der Waals surface area contributed by atoms with Gasteiger partial charge in [0.1, 0.15) is 6.04 Å². The predicted octanol–water partition coefficient (Wildman–Crippen LogP) is 1.98. The first-order valence-corrected chi connectivity index (χ1v) is 8.69. The average Bonchev–Trinajstić information content (AvgIpc) is 2.59. The molecule has 0 bridgehead atoms. The molecule has 1 saturated heterocycles. The Morgan fingerprint density at radius 1 is 1.21 bits per heavy atom. The quantitative estimate of drug-likeness (QED) is 0.866. The summed E-state index contributed by atoms with van der Waals surface area (Å²) >= 11 is 0. The molecule has 1 atom stereocenters. The van der Waals surface area contributed by atoms with E-state index in [-0.39, 0.29) is 30.3 Å². The summed E-state index contributed by atoms with van der Waals surface area (Å²) in [6.07, 6.45) is 1.64. The van der Waals surface area contributed by atoms with Gasteiger partial charge in [0.25, 0.3) is 5.91 Å². The molecule has 5 nitrogen and oxygen atoms in total. The summed E-state index contributed by atoms with van der Waals surface area (Å²) in [4.78, 5) is 27.1. The van der Waals surface area contributed by atoms with Crippen molar-refractivity contribution in [1.82, 2.24) is 10.2 Å². The zero-order chi connectivity index (χ0) is 17.7. The summed E-state index contributed by atoms with van der Waals surface area (Å²) < 4.78 is 0. The van der Waals surface area contributed by atoms with E-state index in [0.717, 1.165) is 18.4 Å². The van der Waals surface area contributed by atoms with Gasteiger partial charge in [-0.1, -0.05) is 31.5 Å². The van der Waals surface area contributed by atoms with Crippen LogP contribution in [-0.4, -0.2) is 47.6 Å². The van der Waals surface area contributed by atoms with Crippen LogP contribution in [0.2, 0.25) is 0 Å². The van der Waals surface area contributed by atoms with E-state index in [1.165, 1.54) is 0 Å². The largest absolute Gasteiger partial charge is 0.396 e. The molecule has 5 heteroatoms. The number of aryl methyl sites for hydroxylation is 1. The number of hydrogen-bond donors (Lipinski definition) is 2. The van der Waals surface area contributed by atoms with Crippen LogP contribution < -0.4 is 5.32 Å². The number of carbonyl (C=O) groups excluding carboxylic acids is 2. The van der Waals surface area contributed by atoms with Crippen molar-refractivity contribution < 1.29 is 14.7 Å². The summed E-state index contributed by atoms with van der Waals surface area (Å²) in [5, 5.41) is 12.1. The molecule has 2 amide bonds. The number of likely N-dealkylation sites (tertiary alicyclic amines) is 1. The van der Waals surface area contributed by atoms with Gasteiger partial charge in [-0.15, -0.1) is 0 Å². The highest BCUT2D eigenvalue weighted by Gasteiger charge is 2.31. The van der Waals surface area contributed by atoms with Crippen molar-refractivity contribution in [3.63, 3.8) is 0 Å². The van der Waals surface area contributed by atoms with Crippen LogP contribution in [0, 0.1) is 18.8 Å². The zero-order valence-electron chi connectivity index (χ0n) is 14.8. The molecule has 1 heterocycles. The Balaban J connectivity index is 2.02. The molecule has 0 saturated carbocycles. The fraction of sp³-hybridized carbons (Fsp3) is 0.579. The number of piperidine rings is 1. The molecule has 0 spiro atoms. The lowest BCUT2D eigenvalue weighted by molar-refractivity contribution is -0.135. The molecule has 1 aliphatic heterocycles. The number of nitrogens with zero attached hydrogens (tertiary/aromatic N) is 1. The van der Waals surface area contributed by atoms with Crippen molar-refractivity contribution in [2.24, 2.45) is 11.8 Å². The molecule has 1 aliphatic rings. The number of aliphatic hydroxyl groups is 1. The van der Waals surface area contributed by atoms with Gasteiger partial charge in [0, 0.05) is 25.3 Å². The van der Waals surface area contributed by atoms with E-state index in [0.29, 0.717) is 18.7 Å². The third-order valence-electron chi connectivity index (χ3n) is 4.72. The number of carbonyl (C=O) groups is 2. The first-order chi connectivity index (χ1) is 11.4. The lowest BCUT2D eigenvalue weighted by atomic mass is 9.95. The molecule has 1 aromatic carbocycles. The van der Waals surface area contributed by atoms with E-state index in [2.05, 4.69) is 5.32 Å². The maximum Gasteiger partial charge on any atom is 0.251 e. The van der Waals surface area contributed by atoms with Crippen LogP contribution in [0.25, 0.3) is 0 Å². The highest BCUT2D eigenvalue weighted by molar-refractivity contribution is 5.97. The maximum atomic E-state index is 12.8. The molecule has 0 aliphatic carbocycles. The number of rotatable bonds is 5. The summed E-state index contributed by atoms with van der Waals surface area (Å²) in [5.74, 6) is 0.0605. The Morgan fingerprint density at radius 3 is 2.29 bits per heavy atom. The molecule has 0 aromatic heterocycles. The minimum Gasteiger partial charge on any atom is -0.396 e. The van der Waals surface area contributed by atoms with Gasteiger partial charge in [-0.25, -0.2) is 0 Å². The number of aliphatic hydroxyl groups excluding tert-OH is 1. The predicted molar refractivity (Wildman–Crippen MR) is 93.7 cm³/mol. The Hall–Kier alpha value is -1.88. The van der Waals surface area contributed by atoms with Crippen LogP contribution in [-0.2, 0) is 4.79 Å². The van der Waals surface area contributed by atoms with Gasteiger partial charge in [-0.2, -0.15) is 0 Å². The Bertz CT molecular complexity index is 560. The molecule has 1 unspecified atom stereocenters. The van der Waals surface area contributed by atoms with Gasteiger partial charge >= 0.3 is 0 Å². The second-order valence-electron chi connectivity index (χ2n) is 7.01. The molecule has 24 heavy (non-hydrogen) atoms. The van der Waals surface area contributed by atoms with Crippen molar-refractivity contribution in [1.29, 1.82) is 0 Å². The molecular weight excluding hydrogens is 304 g/mol. The third-order valence-corrected chi connectivity index (χ3v) is 4.72. The van der Waals surface area contributed by atoms with E-state index in [4.69, 9.17) is 0 Å². The fourth-order valence-electron chi connectivity index (χ4n) is 2.98. The number of hydrogen-bond acceptors (Lipinski definition) is 3. The Labute approximate surface area is 144 Å². The SMILES string of the molecule is Cc1ccc(C(=O)NC(C(=O)N2CCC(CO)CC2)C(C)C)cc1. The van der Waals surface area contributed by atoms with Gasteiger partial charge in [0.2, 0.25) is 5.91 Å². The number of amides is 2. The van der Waals surface area contributed by atoms with Gasteiger partial charge < -0.3 is 15.3 Å². The average molecular weight is 332 g/mol. The highest BCUT2D eigenvalue weighted by atomic mass is 16.3. The first-order valence-electron chi connectivity index (χ1n) is 8.69. The van der Waals surface area contributed by atoms with Gasteiger partial charge in [-0.3, -0.25) is 9.59 Å². The second-order valence-corrected chi connectivity index (χ2v) is 7.01. The summed E-state index contributed by atoms with van der Waals surface area (Å²) in [6, 6.07) is 6.81. The standard InChI is InChI=1S/C19H28N2O3/c1-13(2)17(19(24)21-10-8-15(12-22)9-11-21)20-18(23)16-6-4-14(3)5-7-16/h4-7,13,15,17,22H,8-12H2,1-3H3,(H,20,23). The van der Waals surface area contributed by atoms with Crippen molar-refractivity contribution in [3.8, 4) is 0 Å². The Morgan fingerprint density at radius 2 is 1.79 bits per heavy atom. The first kappa shape index (κ1) is 18.5. The Kier molecular flexibility index (Phi) is 6.37. The normalized spacial score (nSPS) is 17.0. The molecule has 1 aromatic rings. The van der Waals surface area contributed by atoms with Gasteiger partial charge in [-0.05, 0) is 43.7 Å². The topological polar surface area (TPSA) is 69.6 Å². The molecule has 2 rings (SSSR count). The minimum absolute atomic E-state index is 0.0162. The monoisotopic (exact) mass is 332 g/mol. The van der Waals surface area contributed by atoms with Crippen LogP contribution in [0.5, 0.6) is 0 Å². The van der Waals surface area contributed by atoms with Crippen molar-refractivity contribution >= 4 is 11.8 Å². The molecule has 0 radical (unpaired) electrons. The highest BCUT2D eigenvalue weighted by Crippen LogP contribution is 2.18. The van der Waals surface area contributed by atoms with E-state index in [1.807, 2.05) is 37.8 Å². The van der Waals surface area contributed by atoms with E-state index in [1.54, 1.807) is 12.1 Å². The maximum absolute atomic E-state index is 12.8. The third kappa shape index (κ3) is 4.57. The number of nitrogens with one attached hydrogen (secondary N) is 1. The lowest BCUT2D eigenvalue weighted by Crippen LogP contribution is -2.53. The number of benzene rings is 1. The summed E-state index contributed by atoms with van der Waals surface area (Å²) in [6.45, 7) is 7.33. The van der Waals surface area contributed by atoms with E-state index >= 15 is 0 Å². The second kappa shape index (κ2) is 8.29. The van der Waals surface area contributed by atoms with E-state index in [9.17, 15) is 14.7 Å². The lowest BCUT2D eigenvalue weighted by Gasteiger charge is -2.35. The summed E-state index contributed by atoms with van der Waals surface area (Å²) in [7, 11) is 0. The molecular formula is C19H28N2O3. The molecule has 1 fully saturated rings. The van der Waals surface area contributed by atoms with E-state index < -0.39 is 6.04 Å². The van der Waals surface area contributed by atoms with Crippen LogP contribution >= 0.6 is 0 Å². The van der Waals surface area contributed by atoms with Gasteiger partial charge in [0.15, 0.2) is 0 Å². The zero-order valence-corrected chi connectivity index (χ0v) is 14.8. The van der Waals surface area contributed by atoms with Crippen LogP contribution in [0.15, 0.2) is 24.3 Å². The minimum atomic E-state index is -0.524. The van der Waals surface area contributed by atoms with Crippen LogP contribution in [0.4, 0.5) is 0 Å². The van der Waals surface area contributed by atoms with Crippen molar-refractivity contribution in [3.05, 3.63) is 35.4 Å². The smallest absolute Gasteiger partial charge is 0.251 e. The molecule has 132 valence electrons.